The minimum Gasteiger partial charge on any atom is -0.212 e. The van der Waals surface area contributed by atoms with Crippen LogP contribution < -0.4 is 0 Å². The van der Waals surface area contributed by atoms with Crippen LogP contribution >= 0.6 is 11.8 Å². The largest absolute Gasteiger partial charge is 0.214 e. The van der Waals surface area contributed by atoms with Gasteiger partial charge < -0.3 is 0 Å². The predicted molar refractivity (Wildman–Crippen MR) is 57.6 cm³/mol. The van der Waals surface area contributed by atoms with E-state index >= 15 is 0 Å². The van der Waals surface area contributed by atoms with Crippen LogP contribution in [0.3, 0.4) is 0 Å². The Balaban J connectivity index is 2.53. The molecule has 0 radical (unpaired) electrons. The lowest BCUT2D eigenvalue weighted by Crippen LogP contribution is -2.32. The molecule has 1 fully saturated rings. The summed E-state index contributed by atoms with van der Waals surface area (Å²) in [5.41, 5.74) is 0. The molecule has 78 valence electrons. The molecule has 0 aromatic heterocycles. The zero-order valence-corrected chi connectivity index (χ0v) is 9.83. The maximum absolute atomic E-state index is 11.4. The fraction of sp³-hybridized carbons (Fsp3) is 1.00. The lowest BCUT2D eigenvalue weighted by atomic mass is 10.3. The van der Waals surface area contributed by atoms with E-state index in [0.717, 1.165) is 19.4 Å². The molecule has 0 aromatic rings. The summed E-state index contributed by atoms with van der Waals surface area (Å²) in [7, 11) is -2.88. The number of sulfonamides is 1. The van der Waals surface area contributed by atoms with Gasteiger partial charge in [-0.15, -0.1) is 0 Å². The number of nitrogens with zero attached hydrogens (tertiary/aromatic N) is 1. The van der Waals surface area contributed by atoms with Crippen LogP contribution in [0, 0.1) is 0 Å². The van der Waals surface area contributed by atoms with E-state index in [0.29, 0.717) is 17.5 Å². The van der Waals surface area contributed by atoms with Gasteiger partial charge in [0.05, 0.1) is 5.75 Å². The molecule has 0 amide bonds. The molecule has 13 heavy (non-hydrogen) atoms. The first kappa shape index (κ1) is 11.3. The monoisotopic (exact) mass is 223 g/mol. The topological polar surface area (TPSA) is 37.4 Å². The van der Waals surface area contributed by atoms with Gasteiger partial charge >= 0.3 is 0 Å². The van der Waals surface area contributed by atoms with Gasteiger partial charge in [0.2, 0.25) is 10.0 Å². The Kier molecular flexibility index (Phi) is 4.06. The van der Waals surface area contributed by atoms with Crippen LogP contribution in [0.15, 0.2) is 0 Å². The molecule has 0 aromatic carbocycles. The molecule has 3 nitrogen and oxygen atoms in total. The van der Waals surface area contributed by atoms with Crippen molar-refractivity contribution in [3.05, 3.63) is 0 Å². The molecule has 1 heterocycles. The van der Waals surface area contributed by atoms with Gasteiger partial charge in [0.25, 0.3) is 0 Å². The van der Waals surface area contributed by atoms with Crippen molar-refractivity contribution in [1.29, 1.82) is 0 Å². The first-order valence-electron chi connectivity index (χ1n) is 4.60. The normalized spacial score (nSPS) is 24.8. The van der Waals surface area contributed by atoms with Crippen molar-refractivity contribution >= 4 is 21.8 Å². The van der Waals surface area contributed by atoms with Gasteiger partial charge in [-0.1, -0.05) is 6.92 Å². The highest BCUT2D eigenvalue weighted by atomic mass is 32.2. The van der Waals surface area contributed by atoms with Crippen molar-refractivity contribution in [3.63, 3.8) is 0 Å². The quantitative estimate of drug-likeness (QED) is 0.718. The minimum atomic E-state index is -2.88. The molecule has 1 atom stereocenters. The van der Waals surface area contributed by atoms with Gasteiger partial charge in [-0.3, -0.25) is 0 Å². The van der Waals surface area contributed by atoms with Crippen LogP contribution in [0.5, 0.6) is 0 Å². The van der Waals surface area contributed by atoms with E-state index in [4.69, 9.17) is 0 Å². The summed E-state index contributed by atoms with van der Waals surface area (Å²) in [4.78, 5) is 0. The summed E-state index contributed by atoms with van der Waals surface area (Å²) in [6.45, 7) is 3.52. The van der Waals surface area contributed by atoms with Gasteiger partial charge in [-0.05, 0) is 19.1 Å². The minimum absolute atomic E-state index is 0.345. The van der Waals surface area contributed by atoms with Crippen molar-refractivity contribution in [2.24, 2.45) is 0 Å². The summed E-state index contributed by atoms with van der Waals surface area (Å²) in [5, 5.41) is 0.452. The Morgan fingerprint density at radius 3 is 2.62 bits per heavy atom. The van der Waals surface area contributed by atoms with Crippen molar-refractivity contribution in [3.8, 4) is 0 Å². The molecule has 1 aliphatic rings. The second kappa shape index (κ2) is 4.66. The molecule has 0 bridgehead atoms. The molecule has 1 aliphatic heterocycles. The fourth-order valence-corrected chi connectivity index (χ4v) is 3.82. The number of rotatable bonds is 4. The second-order valence-electron chi connectivity index (χ2n) is 3.29. The maximum atomic E-state index is 11.4. The van der Waals surface area contributed by atoms with Crippen molar-refractivity contribution < 1.29 is 8.42 Å². The fourth-order valence-electron chi connectivity index (χ4n) is 1.49. The van der Waals surface area contributed by atoms with E-state index in [1.807, 2.05) is 6.26 Å². The summed E-state index contributed by atoms with van der Waals surface area (Å²) >= 11 is 1.75. The molecular weight excluding hydrogens is 206 g/mol. The second-order valence-corrected chi connectivity index (χ2v) is 6.52. The van der Waals surface area contributed by atoms with Crippen molar-refractivity contribution in [2.75, 3.05) is 25.1 Å². The summed E-state index contributed by atoms with van der Waals surface area (Å²) in [5.74, 6) is 0.345. The van der Waals surface area contributed by atoms with E-state index < -0.39 is 10.0 Å². The smallest absolute Gasteiger partial charge is 0.212 e. The molecule has 5 heteroatoms. The Morgan fingerprint density at radius 2 is 2.23 bits per heavy atom. The summed E-state index contributed by atoms with van der Waals surface area (Å²) in [6, 6.07) is 0. The molecule has 1 rings (SSSR count). The lowest BCUT2D eigenvalue weighted by molar-refractivity contribution is 0.439. The van der Waals surface area contributed by atoms with Gasteiger partial charge in [0.1, 0.15) is 0 Å². The highest BCUT2D eigenvalue weighted by molar-refractivity contribution is 7.99. The molecular formula is C8H17NO2S2. The third kappa shape index (κ3) is 2.86. The average molecular weight is 223 g/mol. The van der Waals surface area contributed by atoms with E-state index in [9.17, 15) is 8.42 Å². The van der Waals surface area contributed by atoms with Crippen molar-refractivity contribution in [1.82, 2.24) is 4.31 Å². The SMILES string of the molecule is CCC(CN1CCCS1(=O)=O)SC. The van der Waals surface area contributed by atoms with Crippen LogP contribution in [0.25, 0.3) is 0 Å². The Bertz CT molecular complexity index is 247. The Hall–Kier alpha value is 0.260. The van der Waals surface area contributed by atoms with Crippen LogP contribution in [0.4, 0.5) is 0 Å². The van der Waals surface area contributed by atoms with Crippen LogP contribution in [0.2, 0.25) is 0 Å². The van der Waals surface area contributed by atoms with Gasteiger partial charge in [0, 0.05) is 18.3 Å². The number of thioether (sulfide) groups is 1. The predicted octanol–water partition coefficient (Wildman–Crippen LogP) is 1.16. The van der Waals surface area contributed by atoms with E-state index in [1.165, 1.54) is 0 Å². The van der Waals surface area contributed by atoms with E-state index in [-0.39, 0.29) is 0 Å². The van der Waals surface area contributed by atoms with Crippen LogP contribution in [-0.4, -0.2) is 43.1 Å². The van der Waals surface area contributed by atoms with E-state index in [1.54, 1.807) is 16.1 Å². The number of hydrogen-bond donors (Lipinski definition) is 0. The summed E-state index contributed by atoms with van der Waals surface area (Å²) in [6.07, 6.45) is 3.87. The van der Waals surface area contributed by atoms with Gasteiger partial charge in [0.15, 0.2) is 0 Å². The highest BCUT2D eigenvalue weighted by Gasteiger charge is 2.29. The highest BCUT2D eigenvalue weighted by Crippen LogP contribution is 2.19. The first-order valence-corrected chi connectivity index (χ1v) is 7.50. The van der Waals surface area contributed by atoms with Crippen molar-refractivity contribution in [2.45, 2.75) is 25.0 Å². The molecule has 0 N–H and O–H groups in total. The number of hydrogen-bond acceptors (Lipinski definition) is 3. The zero-order chi connectivity index (χ0) is 9.90. The molecule has 0 saturated carbocycles. The Labute approximate surface area is 84.9 Å². The third-order valence-electron chi connectivity index (χ3n) is 2.40. The summed E-state index contributed by atoms with van der Waals surface area (Å²) < 4.78 is 24.5. The third-order valence-corrected chi connectivity index (χ3v) is 5.47. The Morgan fingerprint density at radius 1 is 1.54 bits per heavy atom. The standard InChI is InChI=1S/C8H17NO2S2/c1-3-8(12-2)7-9-5-4-6-13(9,10)11/h8H,3-7H2,1-2H3. The average Bonchev–Trinajstić information content (AvgIpc) is 2.41. The lowest BCUT2D eigenvalue weighted by Gasteiger charge is -2.19. The van der Waals surface area contributed by atoms with Crippen LogP contribution in [-0.2, 0) is 10.0 Å². The van der Waals surface area contributed by atoms with Crippen LogP contribution in [0.1, 0.15) is 19.8 Å². The molecule has 1 unspecified atom stereocenters. The molecule has 1 saturated heterocycles. The van der Waals surface area contributed by atoms with E-state index in [2.05, 4.69) is 6.92 Å². The van der Waals surface area contributed by atoms with Gasteiger partial charge in [-0.25, -0.2) is 12.7 Å². The first-order chi connectivity index (χ1) is 6.10. The molecule has 0 spiro atoms. The van der Waals surface area contributed by atoms with Gasteiger partial charge in [-0.2, -0.15) is 11.8 Å². The zero-order valence-electron chi connectivity index (χ0n) is 8.19. The maximum Gasteiger partial charge on any atom is 0.214 e. The molecule has 0 aliphatic carbocycles.